The van der Waals surface area contributed by atoms with Gasteiger partial charge in [0, 0.05) is 12.7 Å². The van der Waals surface area contributed by atoms with Crippen molar-refractivity contribution in [3.63, 3.8) is 0 Å². The van der Waals surface area contributed by atoms with Crippen molar-refractivity contribution in [1.82, 2.24) is 0 Å². The van der Waals surface area contributed by atoms with Gasteiger partial charge in [-0.3, -0.25) is 0 Å². The van der Waals surface area contributed by atoms with Crippen molar-refractivity contribution in [3.05, 3.63) is 48.0 Å². The molecule has 4 atom stereocenters. The predicted octanol–water partition coefficient (Wildman–Crippen LogP) is 8.13. The summed E-state index contributed by atoms with van der Waals surface area (Å²) < 4.78 is 24.5. The molecule has 5 heteroatoms. The van der Waals surface area contributed by atoms with Crippen LogP contribution in [-0.4, -0.2) is 39.5 Å². The SMILES string of the molecule is C[C@@H](CC[C@@H](O[Si](C)(C)C(C)(C)C)[C@H](C)CC/C=C/[C@H]1COC(C)(C)O1)COCc1ccccc1. The minimum absolute atomic E-state index is 0.0660. The van der Waals surface area contributed by atoms with E-state index in [-0.39, 0.29) is 17.2 Å². The molecule has 2 rings (SSSR count). The second kappa shape index (κ2) is 13.5. The van der Waals surface area contributed by atoms with Gasteiger partial charge in [-0.15, -0.1) is 0 Å². The quantitative estimate of drug-likeness (QED) is 0.189. The van der Waals surface area contributed by atoms with Gasteiger partial charge in [-0.2, -0.15) is 0 Å². The van der Waals surface area contributed by atoms with E-state index >= 15 is 0 Å². The fraction of sp³-hybridized carbons (Fsp3) is 0.733. The molecule has 0 aromatic heterocycles. The van der Waals surface area contributed by atoms with Crippen LogP contribution < -0.4 is 0 Å². The molecular weight excluding hydrogens is 452 g/mol. The van der Waals surface area contributed by atoms with Crippen molar-refractivity contribution >= 4 is 8.32 Å². The summed E-state index contributed by atoms with van der Waals surface area (Å²) in [6.45, 7) is 22.4. The maximum atomic E-state index is 6.98. The van der Waals surface area contributed by atoms with Crippen LogP contribution in [0.15, 0.2) is 42.5 Å². The summed E-state index contributed by atoms with van der Waals surface area (Å²) in [7, 11) is -1.84. The standard InChI is InChI=1S/C30H52O4Si/c1-24(21-31-22-26-16-11-10-12-17-26)19-20-28(34-35(8,9)29(3,4)5)25(2)15-13-14-18-27-23-32-30(6,7)33-27/h10-12,14,16-18,24-25,27-28H,13,15,19-23H2,1-9H3/b18-14+/t24-,25+,27-,28+/m0/s1. The smallest absolute Gasteiger partial charge is 0.192 e. The van der Waals surface area contributed by atoms with Crippen molar-refractivity contribution in [2.24, 2.45) is 11.8 Å². The van der Waals surface area contributed by atoms with E-state index in [0.29, 0.717) is 25.0 Å². The maximum absolute atomic E-state index is 6.98. The number of ether oxygens (including phenoxy) is 3. The Morgan fingerprint density at radius 1 is 1.09 bits per heavy atom. The molecule has 1 heterocycles. The van der Waals surface area contributed by atoms with Gasteiger partial charge in [-0.1, -0.05) is 77.1 Å². The summed E-state index contributed by atoms with van der Waals surface area (Å²) in [5.74, 6) is 0.550. The third-order valence-corrected chi connectivity index (χ3v) is 12.0. The molecule has 0 saturated carbocycles. The average Bonchev–Trinajstić information content (AvgIpc) is 3.12. The Balaban J connectivity index is 1.86. The first kappa shape index (κ1) is 30.2. The largest absolute Gasteiger partial charge is 0.414 e. The highest BCUT2D eigenvalue weighted by atomic mass is 28.4. The van der Waals surface area contributed by atoms with Crippen LogP contribution in [0.2, 0.25) is 18.1 Å². The third-order valence-electron chi connectivity index (χ3n) is 7.51. The Hall–Kier alpha value is -0.983. The van der Waals surface area contributed by atoms with Crippen LogP contribution in [0.1, 0.15) is 79.7 Å². The first-order valence-electron chi connectivity index (χ1n) is 13.6. The fourth-order valence-electron chi connectivity index (χ4n) is 4.10. The number of rotatable bonds is 14. The lowest BCUT2D eigenvalue weighted by Gasteiger charge is -2.41. The Morgan fingerprint density at radius 3 is 2.37 bits per heavy atom. The van der Waals surface area contributed by atoms with Gasteiger partial charge in [-0.25, -0.2) is 0 Å². The Bertz CT molecular complexity index is 753. The van der Waals surface area contributed by atoms with E-state index in [2.05, 4.69) is 84.1 Å². The molecule has 0 aliphatic carbocycles. The van der Waals surface area contributed by atoms with E-state index in [1.54, 1.807) is 0 Å². The monoisotopic (exact) mass is 504 g/mol. The molecule has 35 heavy (non-hydrogen) atoms. The zero-order chi connectivity index (χ0) is 26.1. The van der Waals surface area contributed by atoms with E-state index in [0.717, 1.165) is 32.3 Å². The van der Waals surface area contributed by atoms with E-state index in [4.69, 9.17) is 18.6 Å². The molecule has 0 radical (unpaired) electrons. The lowest BCUT2D eigenvalue weighted by atomic mass is 9.93. The molecule has 1 aromatic rings. The van der Waals surface area contributed by atoms with Gasteiger partial charge < -0.3 is 18.6 Å². The number of hydrogen-bond donors (Lipinski definition) is 0. The summed E-state index contributed by atoms with van der Waals surface area (Å²) in [6, 6.07) is 10.4. The van der Waals surface area contributed by atoms with Crippen LogP contribution in [-0.2, 0) is 25.2 Å². The van der Waals surface area contributed by atoms with Crippen molar-refractivity contribution in [2.45, 2.75) is 117 Å². The summed E-state index contributed by atoms with van der Waals surface area (Å²) >= 11 is 0. The molecule has 1 saturated heterocycles. The number of benzene rings is 1. The fourth-order valence-corrected chi connectivity index (χ4v) is 5.56. The second-order valence-electron chi connectivity index (χ2n) is 12.4. The summed E-state index contributed by atoms with van der Waals surface area (Å²) in [4.78, 5) is 0. The molecule has 0 spiro atoms. The number of hydrogen-bond acceptors (Lipinski definition) is 4. The first-order chi connectivity index (χ1) is 16.3. The highest BCUT2D eigenvalue weighted by molar-refractivity contribution is 6.74. The van der Waals surface area contributed by atoms with E-state index in [9.17, 15) is 0 Å². The van der Waals surface area contributed by atoms with E-state index in [1.165, 1.54) is 5.56 Å². The topological polar surface area (TPSA) is 36.9 Å². The lowest BCUT2D eigenvalue weighted by Crippen LogP contribution is -2.45. The van der Waals surface area contributed by atoms with Crippen molar-refractivity contribution < 1.29 is 18.6 Å². The van der Waals surface area contributed by atoms with Crippen LogP contribution in [0, 0.1) is 11.8 Å². The van der Waals surface area contributed by atoms with Gasteiger partial charge in [0.1, 0.15) is 6.10 Å². The minimum atomic E-state index is -1.84. The molecule has 0 N–H and O–H groups in total. The molecule has 1 aliphatic rings. The van der Waals surface area contributed by atoms with Crippen LogP contribution in [0.5, 0.6) is 0 Å². The van der Waals surface area contributed by atoms with Gasteiger partial charge in [0.25, 0.3) is 0 Å². The summed E-state index contributed by atoms with van der Waals surface area (Å²) in [6.07, 6.45) is 9.13. The van der Waals surface area contributed by atoms with Gasteiger partial charge in [0.2, 0.25) is 0 Å². The Morgan fingerprint density at radius 2 is 1.77 bits per heavy atom. The van der Waals surface area contributed by atoms with Gasteiger partial charge in [-0.05, 0) is 75.1 Å². The molecule has 0 amide bonds. The Labute approximate surface area is 216 Å². The molecule has 200 valence electrons. The van der Waals surface area contributed by atoms with Gasteiger partial charge >= 0.3 is 0 Å². The van der Waals surface area contributed by atoms with Gasteiger partial charge in [0.15, 0.2) is 14.1 Å². The summed E-state index contributed by atoms with van der Waals surface area (Å²) in [5, 5.41) is 0.210. The van der Waals surface area contributed by atoms with Crippen molar-refractivity contribution in [2.75, 3.05) is 13.2 Å². The average molecular weight is 505 g/mol. The third kappa shape index (κ3) is 10.9. The molecule has 1 fully saturated rings. The van der Waals surface area contributed by atoms with Crippen LogP contribution in [0.4, 0.5) is 0 Å². The van der Waals surface area contributed by atoms with Crippen LogP contribution >= 0.6 is 0 Å². The molecule has 0 bridgehead atoms. The van der Waals surface area contributed by atoms with Crippen LogP contribution in [0.25, 0.3) is 0 Å². The van der Waals surface area contributed by atoms with E-state index < -0.39 is 14.1 Å². The zero-order valence-electron chi connectivity index (χ0n) is 23.9. The van der Waals surface area contributed by atoms with Crippen molar-refractivity contribution in [3.8, 4) is 0 Å². The lowest BCUT2D eigenvalue weighted by molar-refractivity contribution is -0.133. The van der Waals surface area contributed by atoms with Crippen molar-refractivity contribution in [1.29, 1.82) is 0 Å². The Kier molecular flexibility index (Phi) is 11.7. The normalized spacial score (nSPS) is 21.3. The highest BCUT2D eigenvalue weighted by Crippen LogP contribution is 2.39. The predicted molar refractivity (Wildman–Crippen MR) is 149 cm³/mol. The van der Waals surface area contributed by atoms with E-state index in [1.807, 2.05) is 19.9 Å². The first-order valence-corrected chi connectivity index (χ1v) is 16.5. The molecule has 0 unspecified atom stereocenters. The number of allylic oxidation sites excluding steroid dienone is 1. The molecule has 4 nitrogen and oxygen atoms in total. The minimum Gasteiger partial charge on any atom is -0.414 e. The second-order valence-corrected chi connectivity index (χ2v) is 17.2. The maximum Gasteiger partial charge on any atom is 0.192 e. The van der Waals surface area contributed by atoms with Crippen LogP contribution in [0.3, 0.4) is 0 Å². The molecular formula is C30H52O4Si. The summed E-state index contributed by atoms with van der Waals surface area (Å²) in [5.41, 5.74) is 1.23. The molecule has 1 aromatic carbocycles. The molecule has 1 aliphatic heterocycles. The highest BCUT2D eigenvalue weighted by Gasteiger charge is 2.40. The van der Waals surface area contributed by atoms with Gasteiger partial charge in [0.05, 0.1) is 13.2 Å². The zero-order valence-corrected chi connectivity index (χ0v) is 24.9.